The molecule has 2 radical (unpaired) electrons. The van der Waals surface area contributed by atoms with Crippen LogP contribution in [-0.4, -0.2) is 27.4 Å². The lowest BCUT2D eigenvalue weighted by molar-refractivity contribution is 0.244. The van der Waals surface area contributed by atoms with Gasteiger partial charge in [0.1, 0.15) is 0 Å². The zero-order chi connectivity index (χ0) is 5.70. The number of rotatable bonds is 1. The Labute approximate surface area is 43.9 Å². The molecule has 4 heteroatoms. The van der Waals surface area contributed by atoms with Gasteiger partial charge in [-0.25, -0.2) is 4.79 Å². The average molecular weight is 97.9 g/mol. The Hall–Kier alpha value is -0.665. The predicted octanol–water partition coefficient (Wildman–Crippen LogP) is -0.959. The molecule has 0 saturated carbocycles. The van der Waals surface area contributed by atoms with Crippen LogP contribution < -0.4 is 10.6 Å². The standard InChI is InChI=1S/C3H7BN2O/c1-5-3(7)6-2-4/h2H2,1H3,(H2,5,6,7). The summed E-state index contributed by atoms with van der Waals surface area (Å²) < 4.78 is 0. The van der Waals surface area contributed by atoms with Crippen LogP contribution in [-0.2, 0) is 0 Å². The van der Waals surface area contributed by atoms with Crippen molar-refractivity contribution >= 4 is 13.9 Å². The first-order chi connectivity index (χ1) is 3.31. The summed E-state index contributed by atoms with van der Waals surface area (Å²) in [4.78, 5) is 10.1. The minimum Gasteiger partial charge on any atom is -0.347 e. The van der Waals surface area contributed by atoms with Crippen molar-refractivity contribution in [3.05, 3.63) is 0 Å². The van der Waals surface area contributed by atoms with E-state index in [0.29, 0.717) is 0 Å². The summed E-state index contributed by atoms with van der Waals surface area (Å²) in [6.45, 7) is 0. The molecule has 0 aliphatic rings. The Bertz CT molecular complexity index is 66.0. The Morgan fingerprint density at radius 2 is 2.43 bits per heavy atom. The Morgan fingerprint density at radius 1 is 1.86 bits per heavy atom. The summed E-state index contributed by atoms with van der Waals surface area (Å²) in [5.74, 6) is 0. The van der Waals surface area contributed by atoms with E-state index in [1.54, 1.807) is 0 Å². The molecule has 0 bridgehead atoms. The van der Waals surface area contributed by atoms with Gasteiger partial charge < -0.3 is 10.6 Å². The lowest BCUT2D eigenvalue weighted by atomic mass is 10.2. The van der Waals surface area contributed by atoms with Gasteiger partial charge in [-0.15, -0.1) is 0 Å². The minimum absolute atomic E-state index is 0.180. The van der Waals surface area contributed by atoms with Crippen molar-refractivity contribution in [1.82, 2.24) is 10.6 Å². The molecule has 0 saturated heterocycles. The zero-order valence-corrected chi connectivity index (χ0v) is 4.19. The molecule has 2 amide bonds. The van der Waals surface area contributed by atoms with Gasteiger partial charge in [-0.2, -0.15) is 0 Å². The number of carbonyl (C=O) groups is 1. The first-order valence-corrected chi connectivity index (χ1v) is 1.97. The van der Waals surface area contributed by atoms with Crippen molar-refractivity contribution in [3.63, 3.8) is 0 Å². The van der Waals surface area contributed by atoms with E-state index in [-0.39, 0.29) is 12.5 Å². The summed E-state index contributed by atoms with van der Waals surface area (Å²) in [7, 11) is 6.47. The quantitative estimate of drug-likeness (QED) is 0.407. The van der Waals surface area contributed by atoms with Crippen molar-refractivity contribution in [2.45, 2.75) is 0 Å². The first-order valence-electron chi connectivity index (χ1n) is 1.97. The van der Waals surface area contributed by atoms with Gasteiger partial charge in [-0.05, 0) is 6.44 Å². The van der Waals surface area contributed by atoms with Crippen LogP contribution in [0.1, 0.15) is 0 Å². The largest absolute Gasteiger partial charge is 0.347 e. The highest BCUT2D eigenvalue weighted by Crippen LogP contribution is 1.53. The third kappa shape index (κ3) is 3.16. The molecule has 0 aromatic heterocycles. The molecule has 38 valence electrons. The third-order valence-electron chi connectivity index (χ3n) is 0.490. The highest BCUT2D eigenvalue weighted by Gasteiger charge is 1.86. The van der Waals surface area contributed by atoms with E-state index in [9.17, 15) is 4.79 Å². The Balaban J connectivity index is 3.00. The van der Waals surface area contributed by atoms with Crippen LogP contribution in [0.4, 0.5) is 4.79 Å². The lowest BCUT2D eigenvalue weighted by Crippen LogP contribution is -2.33. The predicted molar refractivity (Wildman–Crippen MR) is 28.2 cm³/mol. The minimum atomic E-state index is -0.248. The second kappa shape index (κ2) is 3.52. The van der Waals surface area contributed by atoms with Gasteiger partial charge in [0.05, 0.1) is 7.85 Å². The van der Waals surface area contributed by atoms with Crippen molar-refractivity contribution in [1.29, 1.82) is 0 Å². The third-order valence-corrected chi connectivity index (χ3v) is 0.490. The fourth-order valence-electron chi connectivity index (χ4n) is 0.181. The number of hydrogen-bond donors (Lipinski definition) is 2. The van der Waals surface area contributed by atoms with Gasteiger partial charge in [0.25, 0.3) is 0 Å². The van der Waals surface area contributed by atoms with E-state index in [1.807, 2.05) is 0 Å². The first kappa shape index (κ1) is 6.33. The molecule has 2 N–H and O–H groups in total. The number of carbonyl (C=O) groups excluding carboxylic acids is 1. The van der Waals surface area contributed by atoms with Crippen molar-refractivity contribution in [2.75, 3.05) is 13.5 Å². The maximum Gasteiger partial charge on any atom is 0.313 e. The molecule has 0 aliphatic carbocycles. The summed E-state index contributed by atoms with van der Waals surface area (Å²) in [5, 5.41) is 4.66. The van der Waals surface area contributed by atoms with Gasteiger partial charge in [0, 0.05) is 7.05 Å². The van der Waals surface area contributed by atoms with Crippen LogP contribution in [0.15, 0.2) is 0 Å². The summed E-state index contributed by atoms with van der Waals surface area (Å²) in [6.07, 6.45) is 0.180. The molecule has 3 nitrogen and oxygen atoms in total. The van der Waals surface area contributed by atoms with E-state index in [1.165, 1.54) is 7.05 Å². The van der Waals surface area contributed by atoms with Gasteiger partial charge in [-0.3, -0.25) is 0 Å². The molecule has 0 aromatic rings. The normalized spacial score (nSPS) is 7.57. The fourth-order valence-corrected chi connectivity index (χ4v) is 0.181. The molecule has 0 aliphatic heterocycles. The molecule has 0 spiro atoms. The number of urea groups is 1. The summed E-state index contributed by atoms with van der Waals surface area (Å²) >= 11 is 0. The molecule has 0 unspecified atom stereocenters. The van der Waals surface area contributed by atoms with E-state index < -0.39 is 0 Å². The fraction of sp³-hybridized carbons (Fsp3) is 0.667. The van der Waals surface area contributed by atoms with Crippen LogP contribution >= 0.6 is 0 Å². The van der Waals surface area contributed by atoms with Crippen LogP contribution in [0.5, 0.6) is 0 Å². The summed E-state index contributed by atoms with van der Waals surface area (Å²) in [5.41, 5.74) is 0. The maximum atomic E-state index is 10.1. The van der Waals surface area contributed by atoms with E-state index in [2.05, 4.69) is 10.6 Å². The molecule has 0 heterocycles. The maximum absolute atomic E-state index is 10.1. The Morgan fingerprint density at radius 3 is 2.57 bits per heavy atom. The average Bonchev–Trinajstić information content (AvgIpc) is 1.68. The molecule has 0 rings (SSSR count). The monoisotopic (exact) mass is 98.1 g/mol. The van der Waals surface area contributed by atoms with Gasteiger partial charge in [0.15, 0.2) is 0 Å². The highest BCUT2D eigenvalue weighted by atomic mass is 16.2. The highest BCUT2D eigenvalue weighted by molar-refractivity contribution is 6.09. The van der Waals surface area contributed by atoms with Crippen molar-refractivity contribution in [3.8, 4) is 0 Å². The van der Waals surface area contributed by atoms with Crippen LogP contribution in [0.3, 0.4) is 0 Å². The van der Waals surface area contributed by atoms with Gasteiger partial charge in [-0.1, -0.05) is 0 Å². The molecule has 7 heavy (non-hydrogen) atoms. The smallest absolute Gasteiger partial charge is 0.313 e. The Kier molecular flexibility index (Phi) is 3.19. The van der Waals surface area contributed by atoms with Gasteiger partial charge in [0.2, 0.25) is 0 Å². The SMILES string of the molecule is [B]CNC(=O)NC. The molecule has 0 aromatic carbocycles. The van der Waals surface area contributed by atoms with E-state index >= 15 is 0 Å². The van der Waals surface area contributed by atoms with E-state index in [4.69, 9.17) is 7.85 Å². The van der Waals surface area contributed by atoms with Crippen LogP contribution in [0.2, 0.25) is 0 Å². The second-order valence-electron chi connectivity index (χ2n) is 0.960. The van der Waals surface area contributed by atoms with Crippen LogP contribution in [0, 0.1) is 0 Å². The van der Waals surface area contributed by atoms with Gasteiger partial charge >= 0.3 is 6.03 Å². The molecular weight excluding hydrogens is 90.9 g/mol. The molecular formula is C3H7BN2O. The topological polar surface area (TPSA) is 41.1 Å². The zero-order valence-electron chi connectivity index (χ0n) is 4.19. The number of hydrogen-bond acceptors (Lipinski definition) is 1. The number of nitrogens with one attached hydrogen (secondary N) is 2. The second-order valence-corrected chi connectivity index (χ2v) is 0.960. The van der Waals surface area contributed by atoms with Crippen LogP contribution in [0.25, 0.3) is 0 Å². The molecule has 0 atom stereocenters. The lowest BCUT2D eigenvalue weighted by Gasteiger charge is -1.96. The summed E-state index contributed by atoms with van der Waals surface area (Å²) in [6, 6.07) is -0.248. The number of amides is 2. The molecule has 0 fully saturated rings. The van der Waals surface area contributed by atoms with Crippen molar-refractivity contribution < 1.29 is 4.79 Å². The van der Waals surface area contributed by atoms with Crippen molar-refractivity contribution in [2.24, 2.45) is 0 Å². The van der Waals surface area contributed by atoms with E-state index in [0.717, 1.165) is 0 Å².